The number of piperidine rings is 1. The zero-order chi connectivity index (χ0) is 25.7. The van der Waals surface area contributed by atoms with E-state index >= 15 is 0 Å². The van der Waals surface area contributed by atoms with E-state index in [0.29, 0.717) is 17.8 Å². The molecule has 6 rings (SSSR count). The van der Waals surface area contributed by atoms with Crippen molar-refractivity contribution in [3.63, 3.8) is 0 Å². The maximum Gasteiger partial charge on any atom is 0.245 e. The number of amides is 1. The van der Waals surface area contributed by atoms with Gasteiger partial charge in [-0.3, -0.25) is 14.4 Å². The van der Waals surface area contributed by atoms with E-state index in [0.717, 1.165) is 77.8 Å². The third-order valence-corrected chi connectivity index (χ3v) is 7.83. The fraction of sp³-hybridized carbons (Fsp3) is 0.357. The van der Waals surface area contributed by atoms with Crippen LogP contribution >= 0.6 is 0 Å². The molecule has 5 heterocycles. The van der Waals surface area contributed by atoms with Crippen molar-refractivity contribution in [1.29, 1.82) is 0 Å². The number of nitrogens with two attached hydrogens (primary N) is 1. The Bertz CT molecular complexity index is 1590. The number of hydrogen-bond acceptors (Lipinski definition) is 6. The molecule has 2 aliphatic heterocycles. The van der Waals surface area contributed by atoms with Crippen molar-refractivity contribution in [2.45, 2.75) is 18.9 Å². The van der Waals surface area contributed by atoms with Crippen LogP contribution in [-0.4, -0.2) is 72.2 Å². The van der Waals surface area contributed by atoms with Crippen LogP contribution in [0.25, 0.3) is 33.1 Å². The molecule has 0 bridgehead atoms. The summed E-state index contributed by atoms with van der Waals surface area (Å²) in [7, 11) is 3.92. The number of nitrogen functional groups attached to an aromatic ring is 1. The molecule has 9 nitrogen and oxygen atoms in total. The molecule has 3 aromatic heterocycles. The van der Waals surface area contributed by atoms with Crippen molar-refractivity contribution in [2.75, 3.05) is 31.9 Å². The number of aromatic nitrogens is 5. The Hall–Kier alpha value is -4.16. The highest BCUT2D eigenvalue weighted by molar-refractivity contribution is 6.09. The van der Waals surface area contributed by atoms with Crippen LogP contribution in [0.15, 0.2) is 43.4 Å². The monoisotopic (exact) mass is 494 g/mol. The van der Waals surface area contributed by atoms with E-state index in [1.54, 1.807) is 0 Å². The number of rotatable bonds is 3. The molecular formula is C28H30N8O. The van der Waals surface area contributed by atoms with Crippen LogP contribution in [0.2, 0.25) is 0 Å². The molecule has 4 aromatic rings. The van der Waals surface area contributed by atoms with Crippen LogP contribution in [0.1, 0.15) is 18.5 Å². The smallest absolute Gasteiger partial charge is 0.245 e. The second kappa shape index (κ2) is 9.05. The summed E-state index contributed by atoms with van der Waals surface area (Å²) in [4.78, 5) is 25.1. The SMILES string of the molecule is C=CC(=O)N1CCC(N2CC(C#Cc3c(-c4cccc5c4cnn5C)c4c(N)ncnc4n3C)C2)CC1. The van der Waals surface area contributed by atoms with Gasteiger partial charge in [0.2, 0.25) is 5.91 Å². The largest absolute Gasteiger partial charge is 0.383 e. The van der Waals surface area contributed by atoms with Gasteiger partial charge in [0, 0.05) is 63.2 Å². The summed E-state index contributed by atoms with van der Waals surface area (Å²) < 4.78 is 3.89. The Morgan fingerprint density at radius 2 is 1.97 bits per heavy atom. The van der Waals surface area contributed by atoms with Gasteiger partial charge in [0.05, 0.1) is 17.1 Å². The van der Waals surface area contributed by atoms with Crippen LogP contribution in [0.3, 0.4) is 0 Å². The fourth-order valence-electron chi connectivity index (χ4n) is 5.73. The van der Waals surface area contributed by atoms with E-state index in [1.807, 2.05) is 40.5 Å². The molecule has 2 N–H and O–H groups in total. The third kappa shape index (κ3) is 3.85. The maximum absolute atomic E-state index is 11.9. The van der Waals surface area contributed by atoms with Crippen molar-refractivity contribution >= 4 is 33.7 Å². The number of benzene rings is 1. The minimum absolute atomic E-state index is 0.0314. The van der Waals surface area contributed by atoms with Crippen LogP contribution in [-0.2, 0) is 18.9 Å². The first kappa shape index (κ1) is 23.3. The normalized spacial score (nSPS) is 17.1. The lowest BCUT2D eigenvalue weighted by molar-refractivity contribution is -0.127. The standard InChI is InChI=1S/C28H30N8O/c1-4-24(37)35-12-10-19(11-13-35)36-15-18(16-36)8-9-23-25(26-27(29)30-17-31-28(26)33(23)2)20-6-5-7-22-21(20)14-32-34(22)3/h4-7,14,17-19H,1,10-13,15-16H2,2-3H3,(H2,29,30,31). The number of likely N-dealkylation sites (tertiary alicyclic amines) is 2. The topological polar surface area (TPSA) is 98.1 Å². The second-order valence-electron chi connectivity index (χ2n) is 9.93. The number of nitrogens with zero attached hydrogens (tertiary/aromatic N) is 7. The van der Waals surface area contributed by atoms with E-state index in [-0.39, 0.29) is 5.91 Å². The van der Waals surface area contributed by atoms with Gasteiger partial charge in [-0.05, 0) is 36.5 Å². The van der Waals surface area contributed by atoms with Gasteiger partial charge in [-0.15, -0.1) is 0 Å². The van der Waals surface area contributed by atoms with Crippen LogP contribution in [0.4, 0.5) is 5.82 Å². The number of fused-ring (bicyclic) bond motifs is 2. The molecule has 0 spiro atoms. The lowest BCUT2D eigenvalue weighted by Gasteiger charge is -2.45. The number of hydrogen-bond donors (Lipinski definition) is 1. The maximum atomic E-state index is 11.9. The Morgan fingerprint density at radius 1 is 1.19 bits per heavy atom. The van der Waals surface area contributed by atoms with Gasteiger partial charge in [0.25, 0.3) is 0 Å². The van der Waals surface area contributed by atoms with Crippen molar-refractivity contribution in [1.82, 2.24) is 34.1 Å². The van der Waals surface area contributed by atoms with Crippen LogP contribution in [0.5, 0.6) is 0 Å². The number of aryl methyl sites for hydroxylation is 2. The average molecular weight is 495 g/mol. The van der Waals surface area contributed by atoms with E-state index in [9.17, 15) is 4.79 Å². The average Bonchev–Trinajstić information content (AvgIpc) is 3.41. The fourth-order valence-corrected chi connectivity index (χ4v) is 5.73. The lowest BCUT2D eigenvalue weighted by Crippen LogP contribution is -2.55. The Labute approximate surface area is 215 Å². The summed E-state index contributed by atoms with van der Waals surface area (Å²) in [5, 5.41) is 6.33. The van der Waals surface area contributed by atoms with Crippen LogP contribution < -0.4 is 5.73 Å². The molecular weight excluding hydrogens is 464 g/mol. The molecule has 1 aromatic carbocycles. The predicted molar refractivity (Wildman–Crippen MR) is 144 cm³/mol. The van der Waals surface area contributed by atoms with E-state index < -0.39 is 0 Å². The van der Waals surface area contributed by atoms with Gasteiger partial charge in [0.1, 0.15) is 23.5 Å². The van der Waals surface area contributed by atoms with Gasteiger partial charge >= 0.3 is 0 Å². The van der Waals surface area contributed by atoms with E-state index in [4.69, 9.17) is 5.73 Å². The highest BCUT2D eigenvalue weighted by Gasteiger charge is 2.34. The Kier molecular flexibility index (Phi) is 5.69. The molecule has 0 aliphatic carbocycles. The first-order valence-electron chi connectivity index (χ1n) is 12.6. The van der Waals surface area contributed by atoms with E-state index in [2.05, 4.69) is 50.5 Å². The molecule has 1 amide bonds. The number of carbonyl (C=O) groups is 1. The summed E-state index contributed by atoms with van der Waals surface area (Å²) in [6, 6.07) is 6.69. The third-order valence-electron chi connectivity index (χ3n) is 7.83. The van der Waals surface area contributed by atoms with Gasteiger partial charge in [-0.25, -0.2) is 9.97 Å². The first-order chi connectivity index (χ1) is 18.0. The molecule has 9 heteroatoms. The van der Waals surface area contributed by atoms with Crippen molar-refractivity contribution < 1.29 is 4.79 Å². The summed E-state index contributed by atoms with van der Waals surface area (Å²) in [6.45, 7) is 7.09. The summed E-state index contributed by atoms with van der Waals surface area (Å²) in [6.07, 6.45) is 6.80. The van der Waals surface area contributed by atoms with Crippen molar-refractivity contribution in [3.05, 3.63) is 49.1 Å². The zero-order valence-corrected chi connectivity index (χ0v) is 21.2. The minimum Gasteiger partial charge on any atom is -0.383 e. The quantitative estimate of drug-likeness (QED) is 0.347. The minimum atomic E-state index is 0.0314. The van der Waals surface area contributed by atoms with Gasteiger partial charge < -0.3 is 15.2 Å². The number of anilines is 1. The predicted octanol–water partition coefficient (Wildman–Crippen LogP) is 2.56. The van der Waals surface area contributed by atoms with Crippen molar-refractivity contribution in [2.24, 2.45) is 20.0 Å². The summed E-state index contributed by atoms with van der Waals surface area (Å²) in [5.41, 5.74) is 11.1. The Morgan fingerprint density at radius 3 is 2.73 bits per heavy atom. The highest BCUT2D eigenvalue weighted by Crippen LogP contribution is 2.39. The molecule has 0 atom stereocenters. The van der Waals surface area contributed by atoms with Gasteiger partial charge in [0.15, 0.2) is 0 Å². The second-order valence-corrected chi connectivity index (χ2v) is 9.93. The lowest BCUT2D eigenvalue weighted by atomic mass is 9.93. The molecule has 0 unspecified atom stereocenters. The molecule has 37 heavy (non-hydrogen) atoms. The van der Waals surface area contributed by atoms with Crippen LogP contribution in [0, 0.1) is 17.8 Å². The molecule has 188 valence electrons. The summed E-state index contributed by atoms with van der Waals surface area (Å²) in [5.74, 6) is 7.80. The van der Waals surface area contributed by atoms with Gasteiger partial charge in [-0.2, -0.15) is 5.10 Å². The first-order valence-corrected chi connectivity index (χ1v) is 12.6. The van der Waals surface area contributed by atoms with Gasteiger partial charge in [-0.1, -0.05) is 24.6 Å². The molecule has 0 radical (unpaired) electrons. The Balaban J connectivity index is 1.29. The molecule has 2 fully saturated rings. The summed E-state index contributed by atoms with van der Waals surface area (Å²) >= 11 is 0. The molecule has 2 aliphatic rings. The van der Waals surface area contributed by atoms with E-state index in [1.165, 1.54) is 12.4 Å². The highest BCUT2D eigenvalue weighted by atomic mass is 16.2. The zero-order valence-electron chi connectivity index (χ0n) is 21.2. The number of carbonyl (C=O) groups excluding carboxylic acids is 1. The molecule has 2 saturated heterocycles. The molecule has 0 saturated carbocycles. The van der Waals surface area contributed by atoms with Crippen molar-refractivity contribution in [3.8, 4) is 23.0 Å².